The van der Waals surface area contributed by atoms with Gasteiger partial charge < -0.3 is 31.3 Å². The fourth-order valence-electron chi connectivity index (χ4n) is 5.09. The van der Waals surface area contributed by atoms with Crippen molar-refractivity contribution in [1.82, 2.24) is 20.9 Å². The Morgan fingerprint density at radius 2 is 1.62 bits per heavy atom. The molecule has 2 aliphatic heterocycles. The molecule has 0 spiro atoms. The highest BCUT2D eigenvalue weighted by molar-refractivity contribution is 7.98. The van der Waals surface area contributed by atoms with Gasteiger partial charge in [0.05, 0.1) is 34.0 Å². The summed E-state index contributed by atoms with van der Waals surface area (Å²) >= 11 is 1.50. The number of carboxylic acid groups (broad SMARTS) is 1. The van der Waals surface area contributed by atoms with E-state index < -0.39 is 75.6 Å². The molecule has 4 amide bonds. The standard InChI is InChI=1S/C28H34F3N5O5S2.C2HF3O2/c1-42-20-5-7-21(8-6-20)43(40,41)17-18-10-11-32-15-24(18)34-25(37)16-33-26(38)22-14-19(28(29,30)31)4-9-23(22)35-27(39)36-12-2-3-13-36;3-2(4,5)1(6)7/h4-9,14,18,24,32H,2-3,10-13,15-17H2,1H3,(H,33,38)(H,34,37)(H,35,39);(H,6,7)/t18-,24-;/m0./s1. The highest BCUT2D eigenvalue weighted by Gasteiger charge is 2.38. The molecule has 12 nitrogen and oxygen atoms in total. The molecule has 0 bridgehead atoms. The maximum Gasteiger partial charge on any atom is 0.490 e. The highest BCUT2D eigenvalue weighted by Crippen LogP contribution is 2.32. The number of anilines is 1. The van der Waals surface area contributed by atoms with Gasteiger partial charge in [0.1, 0.15) is 0 Å². The summed E-state index contributed by atoms with van der Waals surface area (Å²) in [6.07, 6.45) is -5.83. The number of sulfone groups is 1. The summed E-state index contributed by atoms with van der Waals surface area (Å²) in [6, 6.07) is 7.90. The number of rotatable bonds is 9. The fourth-order valence-corrected chi connectivity index (χ4v) is 7.20. The van der Waals surface area contributed by atoms with Gasteiger partial charge in [0, 0.05) is 30.6 Å². The van der Waals surface area contributed by atoms with Gasteiger partial charge >= 0.3 is 24.4 Å². The highest BCUT2D eigenvalue weighted by atomic mass is 32.2. The molecule has 0 saturated carbocycles. The van der Waals surface area contributed by atoms with E-state index in [1.165, 1.54) is 16.7 Å². The van der Waals surface area contributed by atoms with E-state index in [-0.39, 0.29) is 16.3 Å². The topological polar surface area (TPSA) is 174 Å². The van der Waals surface area contributed by atoms with Gasteiger partial charge in [-0.25, -0.2) is 18.0 Å². The van der Waals surface area contributed by atoms with Crippen LogP contribution >= 0.6 is 11.8 Å². The zero-order valence-corrected chi connectivity index (χ0v) is 28.1. The third-order valence-corrected chi connectivity index (χ3v) is 10.3. The number of amides is 4. The summed E-state index contributed by atoms with van der Waals surface area (Å²) in [5.74, 6) is -4.96. The van der Waals surface area contributed by atoms with Crippen LogP contribution in [0.2, 0.25) is 0 Å². The van der Waals surface area contributed by atoms with Crippen molar-refractivity contribution in [3.8, 4) is 0 Å². The van der Waals surface area contributed by atoms with Gasteiger partial charge in [-0.3, -0.25) is 9.59 Å². The van der Waals surface area contributed by atoms with E-state index in [0.717, 1.165) is 29.9 Å². The number of carbonyl (C=O) groups is 4. The van der Waals surface area contributed by atoms with Crippen molar-refractivity contribution < 1.29 is 59.0 Å². The van der Waals surface area contributed by atoms with Gasteiger partial charge in [0.15, 0.2) is 9.84 Å². The van der Waals surface area contributed by atoms with Crippen molar-refractivity contribution in [3.05, 3.63) is 53.6 Å². The number of piperidine rings is 1. The van der Waals surface area contributed by atoms with Crippen LogP contribution < -0.4 is 21.3 Å². The number of hydrogen-bond acceptors (Lipinski definition) is 8. The van der Waals surface area contributed by atoms with E-state index in [9.17, 15) is 49.1 Å². The first-order valence-electron chi connectivity index (χ1n) is 15.0. The third kappa shape index (κ3) is 11.8. The molecule has 2 heterocycles. The second-order valence-corrected chi connectivity index (χ2v) is 14.2. The molecule has 5 N–H and O–H groups in total. The molecule has 2 saturated heterocycles. The van der Waals surface area contributed by atoms with E-state index >= 15 is 0 Å². The van der Waals surface area contributed by atoms with Crippen LogP contribution in [0.25, 0.3) is 0 Å². The molecule has 2 aromatic carbocycles. The van der Waals surface area contributed by atoms with E-state index in [2.05, 4.69) is 21.3 Å². The summed E-state index contributed by atoms with van der Waals surface area (Å²) in [5, 5.41) is 17.8. The first-order valence-corrected chi connectivity index (χ1v) is 17.9. The number of carboxylic acids is 1. The average molecular weight is 756 g/mol. The molecule has 4 rings (SSSR count). The molecule has 50 heavy (non-hydrogen) atoms. The minimum absolute atomic E-state index is 0.116. The molecule has 2 aromatic rings. The summed E-state index contributed by atoms with van der Waals surface area (Å²) in [4.78, 5) is 49.9. The largest absolute Gasteiger partial charge is 0.490 e. The maximum absolute atomic E-state index is 13.4. The molecule has 0 aliphatic carbocycles. The Kier molecular flexibility index (Phi) is 13.9. The van der Waals surface area contributed by atoms with Crippen LogP contribution in [-0.2, 0) is 25.6 Å². The molecule has 2 aliphatic rings. The smallest absolute Gasteiger partial charge is 0.475 e. The SMILES string of the molecule is CSc1ccc(S(=O)(=O)C[C@@H]2CCNC[C@@H]2NC(=O)CNC(=O)c2cc(C(F)(F)F)ccc2NC(=O)N2CCCC2)cc1.O=C(O)C(F)(F)F. The first kappa shape index (κ1) is 40.4. The summed E-state index contributed by atoms with van der Waals surface area (Å²) in [6.45, 7) is 1.30. The third-order valence-electron chi connectivity index (χ3n) is 7.70. The quantitative estimate of drug-likeness (QED) is 0.187. The van der Waals surface area contributed by atoms with Crippen LogP contribution in [0.15, 0.2) is 52.3 Å². The van der Waals surface area contributed by atoms with Gasteiger partial charge in [-0.2, -0.15) is 26.3 Å². The number of thioether (sulfide) groups is 1. The van der Waals surface area contributed by atoms with Crippen LogP contribution in [0.4, 0.5) is 36.8 Å². The number of aliphatic carboxylic acids is 1. The molecule has 0 radical (unpaired) electrons. The predicted molar refractivity (Wildman–Crippen MR) is 170 cm³/mol. The Hall–Kier alpha value is -4.04. The number of likely N-dealkylation sites (tertiary alicyclic amines) is 1. The van der Waals surface area contributed by atoms with E-state index in [4.69, 9.17) is 9.90 Å². The lowest BCUT2D eigenvalue weighted by atomic mass is 9.94. The average Bonchev–Trinajstić information content (AvgIpc) is 3.60. The van der Waals surface area contributed by atoms with Gasteiger partial charge in [0.25, 0.3) is 5.91 Å². The van der Waals surface area contributed by atoms with Gasteiger partial charge in [0.2, 0.25) is 5.91 Å². The lowest BCUT2D eigenvalue weighted by Gasteiger charge is -2.32. The molecule has 20 heteroatoms. The Balaban J connectivity index is 0.000000872. The molecular weight excluding hydrogens is 720 g/mol. The zero-order valence-electron chi connectivity index (χ0n) is 26.5. The minimum Gasteiger partial charge on any atom is -0.475 e. The number of nitrogens with zero attached hydrogens (tertiary/aromatic N) is 1. The molecular formula is C30H35F6N5O7S2. The normalized spacial score (nSPS) is 18.0. The van der Waals surface area contributed by atoms with E-state index in [0.29, 0.717) is 38.7 Å². The van der Waals surface area contributed by atoms with Crippen LogP contribution in [-0.4, -0.2) is 99.2 Å². The van der Waals surface area contributed by atoms with E-state index in [1.54, 1.807) is 24.3 Å². The van der Waals surface area contributed by atoms with Crippen LogP contribution in [0.5, 0.6) is 0 Å². The first-order chi connectivity index (χ1) is 23.3. The van der Waals surface area contributed by atoms with Crippen molar-refractivity contribution in [2.45, 2.75) is 47.4 Å². The van der Waals surface area contributed by atoms with Crippen LogP contribution in [0.1, 0.15) is 35.2 Å². The Labute approximate surface area is 287 Å². The minimum atomic E-state index is -5.08. The lowest BCUT2D eigenvalue weighted by Crippen LogP contribution is -2.54. The van der Waals surface area contributed by atoms with Crippen molar-refractivity contribution >= 4 is 51.1 Å². The molecule has 0 aromatic heterocycles. The van der Waals surface area contributed by atoms with E-state index in [1.807, 2.05) is 6.26 Å². The fraction of sp³-hybridized carbons (Fsp3) is 0.467. The van der Waals surface area contributed by atoms with Crippen molar-refractivity contribution in [1.29, 1.82) is 0 Å². The van der Waals surface area contributed by atoms with Gasteiger partial charge in [-0.1, -0.05) is 0 Å². The number of urea groups is 1. The second-order valence-electron chi connectivity index (χ2n) is 11.3. The monoisotopic (exact) mass is 755 g/mol. The van der Waals surface area contributed by atoms with Crippen molar-refractivity contribution in [2.24, 2.45) is 5.92 Å². The number of alkyl halides is 6. The number of halogens is 6. The maximum atomic E-state index is 13.4. The van der Waals surface area contributed by atoms with Crippen LogP contribution in [0.3, 0.4) is 0 Å². The Morgan fingerprint density at radius 3 is 2.18 bits per heavy atom. The number of nitrogens with one attached hydrogen (secondary N) is 4. The molecule has 0 unspecified atom stereocenters. The van der Waals surface area contributed by atoms with Gasteiger partial charge in [-0.15, -0.1) is 11.8 Å². The molecule has 276 valence electrons. The summed E-state index contributed by atoms with van der Waals surface area (Å²) < 4.78 is 98.1. The Bertz CT molecular complexity index is 1630. The summed E-state index contributed by atoms with van der Waals surface area (Å²) in [7, 11) is -3.64. The molecule has 2 atom stereocenters. The second kappa shape index (κ2) is 17.3. The van der Waals surface area contributed by atoms with Crippen molar-refractivity contribution in [3.63, 3.8) is 0 Å². The lowest BCUT2D eigenvalue weighted by molar-refractivity contribution is -0.192. The van der Waals surface area contributed by atoms with Crippen LogP contribution in [0, 0.1) is 5.92 Å². The molecule has 2 fully saturated rings. The Morgan fingerprint density at radius 1 is 1.00 bits per heavy atom. The number of carbonyl (C=O) groups excluding carboxylic acids is 3. The van der Waals surface area contributed by atoms with Crippen molar-refractivity contribution in [2.75, 3.05) is 50.0 Å². The van der Waals surface area contributed by atoms with Gasteiger partial charge in [-0.05, 0) is 80.4 Å². The predicted octanol–water partition coefficient (Wildman–Crippen LogP) is 3.99. The zero-order chi connectivity index (χ0) is 37.3. The number of hydrogen-bond donors (Lipinski definition) is 5. The number of benzene rings is 2. The summed E-state index contributed by atoms with van der Waals surface area (Å²) in [5.41, 5.74) is -1.64.